The molecule has 0 spiro atoms. The van der Waals surface area contributed by atoms with Crippen LogP contribution in [0.1, 0.15) is 12.0 Å². The smallest absolute Gasteiger partial charge is 0.305 e. The number of hydrogen-bond acceptors (Lipinski definition) is 2. The molecule has 0 bridgehead atoms. The molecule has 0 unspecified atom stereocenters. The summed E-state index contributed by atoms with van der Waals surface area (Å²) in [6.07, 6.45) is 5.15. The second-order valence-corrected chi connectivity index (χ2v) is 2.95. The molecule has 1 heterocycles. The number of nitrogens with zero attached hydrogens (tertiary/aromatic N) is 1. The standard InChI is InChI=1S/C10H14NO2/c1-11-7-3-4-9(8-11)5-6-10(12)13-2/h3-4,7-8H,5-6H2,1-2H3/q+1. The van der Waals surface area contributed by atoms with Crippen LogP contribution in [0.3, 0.4) is 0 Å². The Hall–Kier alpha value is -1.38. The van der Waals surface area contributed by atoms with Crippen molar-refractivity contribution in [2.24, 2.45) is 7.05 Å². The zero-order valence-electron chi connectivity index (χ0n) is 7.99. The average Bonchev–Trinajstić information content (AvgIpc) is 2.14. The van der Waals surface area contributed by atoms with Gasteiger partial charge < -0.3 is 4.74 Å². The van der Waals surface area contributed by atoms with Gasteiger partial charge in [-0.05, 0) is 12.5 Å². The van der Waals surface area contributed by atoms with Crippen LogP contribution in [-0.2, 0) is 23.0 Å². The summed E-state index contributed by atoms with van der Waals surface area (Å²) in [4.78, 5) is 10.8. The van der Waals surface area contributed by atoms with Gasteiger partial charge >= 0.3 is 5.97 Å². The molecule has 0 saturated carbocycles. The molecule has 0 aliphatic rings. The van der Waals surface area contributed by atoms with Crippen molar-refractivity contribution in [3.63, 3.8) is 0 Å². The van der Waals surface area contributed by atoms with Gasteiger partial charge in [-0.2, -0.15) is 0 Å². The minimum absolute atomic E-state index is 0.161. The Morgan fingerprint density at radius 3 is 3.00 bits per heavy atom. The molecule has 0 saturated heterocycles. The number of rotatable bonds is 3. The van der Waals surface area contributed by atoms with E-state index < -0.39 is 0 Å². The number of ether oxygens (including phenoxy) is 1. The minimum Gasteiger partial charge on any atom is -0.469 e. The zero-order chi connectivity index (χ0) is 9.68. The van der Waals surface area contributed by atoms with Gasteiger partial charge in [0.25, 0.3) is 0 Å². The van der Waals surface area contributed by atoms with E-state index in [4.69, 9.17) is 0 Å². The fraction of sp³-hybridized carbons (Fsp3) is 0.400. The van der Waals surface area contributed by atoms with E-state index in [-0.39, 0.29) is 5.97 Å². The van der Waals surface area contributed by atoms with Crippen molar-refractivity contribution in [3.05, 3.63) is 30.1 Å². The van der Waals surface area contributed by atoms with Gasteiger partial charge in [0, 0.05) is 18.1 Å². The molecule has 0 aliphatic heterocycles. The van der Waals surface area contributed by atoms with Crippen LogP contribution in [0.15, 0.2) is 24.5 Å². The molecule has 3 nitrogen and oxygen atoms in total. The number of methoxy groups -OCH3 is 1. The summed E-state index contributed by atoms with van der Waals surface area (Å²) in [6.45, 7) is 0. The van der Waals surface area contributed by atoms with Gasteiger partial charge in [-0.3, -0.25) is 4.79 Å². The first-order valence-corrected chi connectivity index (χ1v) is 4.23. The Labute approximate surface area is 78.0 Å². The number of hydrogen-bond donors (Lipinski definition) is 0. The van der Waals surface area contributed by atoms with Crippen LogP contribution < -0.4 is 4.57 Å². The van der Waals surface area contributed by atoms with Crippen LogP contribution in [0.25, 0.3) is 0 Å². The Kier molecular flexibility index (Phi) is 3.43. The maximum Gasteiger partial charge on any atom is 0.305 e. The molecule has 1 aromatic rings. The highest BCUT2D eigenvalue weighted by atomic mass is 16.5. The second kappa shape index (κ2) is 4.60. The van der Waals surface area contributed by atoms with Gasteiger partial charge in [0.2, 0.25) is 0 Å². The van der Waals surface area contributed by atoms with E-state index in [1.54, 1.807) is 0 Å². The first kappa shape index (κ1) is 9.71. The van der Waals surface area contributed by atoms with E-state index in [0.717, 1.165) is 12.0 Å². The molecule has 0 fully saturated rings. The quantitative estimate of drug-likeness (QED) is 0.504. The first-order chi connectivity index (χ1) is 6.22. The highest BCUT2D eigenvalue weighted by Gasteiger charge is 2.03. The number of aromatic nitrogens is 1. The molecule has 1 rings (SSSR count). The summed E-state index contributed by atoms with van der Waals surface area (Å²) in [5.74, 6) is -0.161. The van der Waals surface area contributed by atoms with Crippen LogP contribution in [0.5, 0.6) is 0 Å². The van der Waals surface area contributed by atoms with Crippen LogP contribution in [-0.4, -0.2) is 13.1 Å². The van der Waals surface area contributed by atoms with Gasteiger partial charge in [0.15, 0.2) is 12.4 Å². The lowest BCUT2D eigenvalue weighted by atomic mass is 10.1. The normalized spacial score (nSPS) is 9.69. The Morgan fingerprint density at radius 2 is 2.38 bits per heavy atom. The van der Waals surface area contributed by atoms with Crippen molar-refractivity contribution < 1.29 is 14.1 Å². The van der Waals surface area contributed by atoms with E-state index in [9.17, 15) is 4.79 Å². The van der Waals surface area contributed by atoms with E-state index in [0.29, 0.717) is 6.42 Å². The lowest BCUT2D eigenvalue weighted by Gasteiger charge is -1.98. The third-order valence-corrected chi connectivity index (χ3v) is 1.85. The van der Waals surface area contributed by atoms with Gasteiger partial charge in [0.05, 0.1) is 7.11 Å². The van der Waals surface area contributed by atoms with Crippen LogP contribution >= 0.6 is 0 Å². The largest absolute Gasteiger partial charge is 0.469 e. The summed E-state index contributed by atoms with van der Waals surface area (Å²) in [5, 5.41) is 0. The number of carbonyl (C=O) groups is 1. The van der Waals surface area contributed by atoms with Crippen molar-refractivity contribution in [1.29, 1.82) is 0 Å². The van der Waals surface area contributed by atoms with E-state index >= 15 is 0 Å². The SMILES string of the molecule is COC(=O)CCc1ccc[n+](C)c1. The Balaban J connectivity index is 2.50. The average molecular weight is 180 g/mol. The van der Waals surface area contributed by atoms with Gasteiger partial charge in [-0.1, -0.05) is 0 Å². The highest BCUT2D eigenvalue weighted by Crippen LogP contribution is 1.99. The van der Waals surface area contributed by atoms with Crippen molar-refractivity contribution in [3.8, 4) is 0 Å². The van der Waals surface area contributed by atoms with E-state index in [1.165, 1.54) is 7.11 Å². The molecule has 0 aromatic carbocycles. The van der Waals surface area contributed by atoms with Crippen molar-refractivity contribution in [2.75, 3.05) is 7.11 Å². The minimum atomic E-state index is -0.161. The summed E-state index contributed by atoms with van der Waals surface area (Å²) in [5.41, 5.74) is 1.15. The van der Waals surface area contributed by atoms with Crippen LogP contribution in [0.4, 0.5) is 0 Å². The molecule has 3 heteroatoms. The summed E-state index contributed by atoms with van der Waals surface area (Å²) >= 11 is 0. The predicted molar refractivity (Wildman–Crippen MR) is 48.0 cm³/mol. The molecule has 0 amide bonds. The predicted octanol–water partition coefficient (Wildman–Crippen LogP) is 0.617. The highest BCUT2D eigenvalue weighted by molar-refractivity contribution is 5.69. The third kappa shape index (κ3) is 3.23. The lowest BCUT2D eigenvalue weighted by molar-refractivity contribution is -0.671. The molecule has 0 N–H and O–H groups in total. The zero-order valence-corrected chi connectivity index (χ0v) is 7.99. The molecule has 1 aromatic heterocycles. The Morgan fingerprint density at radius 1 is 1.62 bits per heavy atom. The monoisotopic (exact) mass is 180 g/mol. The van der Waals surface area contributed by atoms with Crippen molar-refractivity contribution in [1.82, 2.24) is 0 Å². The molecule has 70 valence electrons. The lowest BCUT2D eigenvalue weighted by Crippen LogP contribution is -2.26. The fourth-order valence-electron chi connectivity index (χ4n) is 1.15. The van der Waals surface area contributed by atoms with Gasteiger partial charge in [0.1, 0.15) is 7.05 Å². The maximum absolute atomic E-state index is 10.8. The topological polar surface area (TPSA) is 30.2 Å². The number of pyridine rings is 1. The van der Waals surface area contributed by atoms with Crippen molar-refractivity contribution in [2.45, 2.75) is 12.8 Å². The van der Waals surface area contributed by atoms with E-state index in [2.05, 4.69) is 4.74 Å². The molecule has 0 atom stereocenters. The Bertz CT molecular complexity index is 297. The molecular weight excluding hydrogens is 166 g/mol. The third-order valence-electron chi connectivity index (χ3n) is 1.85. The van der Waals surface area contributed by atoms with Gasteiger partial charge in [-0.25, -0.2) is 4.57 Å². The first-order valence-electron chi connectivity index (χ1n) is 4.23. The van der Waals surface area contributed by atoms with E-state index in [1.807, 2.05) is 36.1 Å². The van der Waals surface area contributed by atoms with Crippen LogP contribution in [0, 0.1) is 0 Å². The van der Waals surface area contributed by atoms with Gasteiger partial charge in [-0.15, -0.1) is 0 Å². The molecule has 0 radical (unpaired) electrons. The summed E-state index contributed by atoms with van der Waals surface area (Å²) in [6, 6.07) is 3.97. The fourth-order valence-corrected chi connectivity index (χ4v) is 1.15. The van der Waals surface area contributed by atoms with Crippen molar-refractivity contribution >= 4 is 5.97 Å². The number of esters is 1. The van der Waals surface area contributed by atoms with Crippen LogP contribution in [0.2, 0.25) is 0 Å². The second-order valence-electron chi connectivity index (χ2n) is 2.95. The summed E-state index contributed by atoms with van der Waals surface area (Å²) < 4.78 is 6.52. The molecular formula is C10H14NO2+. The number of carbonyl (C=O) groups excluding carboxylic acids is 1. The summed E-state index contributed by atoms with van der Waals surface area (Å²) in [7, 11) is 3.37. The molecule has 13 heavy (non-hydrogen) atoms. The maximum atomic E-state index is 10.8. The number of aryl methyl sites for hydroxylation is 2. The molecule has 0 aliphatic carbocycles.